The lowest BCUT2D eigenvalue weighted by atomic mass is 9.88. The molecule has 2 aromatic rings. The van der Waals surface area contributed by atoms with Crippen LogP contribution in [0.15, 0.2) is 16.2 Å². The molecule has 1 aliphatic heterocycles. The summed E-state index contributed by atoms with van der Waals surface area (Å²) in [5.41, 5.74) is 3.83. The molecule has 1 atom stereocenters. The second-order valence-corrected chi connectivity index (χ2v) is 7.92. The highest BCUT2D eigenvalue weighted by Crippen LogP contribution is 2.34. The fraction of sp³-hybridized carbons (Fsp3) is 0.500. The average molecular weight is 343 g/mol. The molecule has 2 aromatic heterocycles. The van der Waals surface area contributed by atoms with Gasteiger partial charge in [0.15, 0.2) is 0 Å². The number of aromatic nitrogens is 2. The minimum atomic E-state index is -0.120. The summed E-state index contributed by atoms with van der Waals surface area (Å²) < 4.78 is 1.37. The first-order valence-corrected chi connectivity index (χ1v) is 9.35. The summed E-state index contributed by atoms with van der Waals surface area (Å²) >= 11 is 1.72. The van der Waals surface area contributed by atoms with E-state index in [0.717, 1.165) is 36.1 Å². The lowest BCUT2D eigenvalue weighted by Gasteiger charge is -2.29. The van der Waals surface area contributed by atoms with Crippen molar-refractivity contribution in [3.63, 3.8) is 0 Å². The Bertz CT molecular complexity index is 868. The number of fused-ring (bicyclic) bond motifs is 2. The maximum absolute atomic E-state index is 13.0. The molecule has 0 unspecified atom stereocenters. The normalized spacial score (nSPS) is 19.8. The smallest absolute Gasteiger partial charge is 0.266 e. The number of rotatable bonds is 1. The van der Waals surface area contributed by atoms with Gasteiger partial charge >= 0.3 is 0 Å². The van der Waals surface area contributed by atoms with E-state index in [1.807, 2.05) is 10.3 Å². The van der Waals surface area contributed by atoms with Crippen molar-refractivity contribution < 1.29 is 4.79 Å². The van der Waals surface area contributed by atoms with E-state index in [9.17, 15) is 9.59 Å². The fourth-order valence-corrected chi connectivity index (χ4v) is 4.93. The fourth-order valence-electron chi connectivity index (χ4n) is 3.69. The number of amides is 1. The number of carbonyl (C=O) groups is 1. The highest BCUT2D eigenvalue weighted by molar-refractivity contribution is 7.10. The first-order chi connectivity index (χ1) is 11.5. The molecule has 0 bridgehead atoms. The molecule has 1 amide bonds. The van der Waals surface area contributed by atoms with Gasteiger partial charge in [-0.2, -0.15) is 5.10 Å². The number of hydrogen-bond donors (Lipinski definition) is 0. The summed E-state index contributed by atoms with van der Waals surface area (Å²) in [6.07, 6.45) is 3.97. The monoisotopic (exact) mass is 343 g/mol. The number of aryl methyl sites for hydroxylation is 1. The highest BCUT2D eigenvalue weighted by atomic mass is 32.1. The Morgan fingerprint density at radius 2 is 2.21 bits per heavy atom. The van der Waals surface area contributed by atoms with Crippen LogP contribution in [0.25, 0.3) is 0 Å². The first-order valence-electron chi connectivity index (χ1n) is 8.47. The maximum atomic E-state index is 13.0. The van der Waals surface area contributed by atoms with Crippen LogP contribution in [-0.2, 0) is 32.9 Å². The van der Waals surface area contributed by atoms with Gasteiger partial charge in [-0.05, 0) is 30.7 Å². The molecule has 24 heavy (non-hydrogen) atoms. The van der Waals surface area contributed by atoms with Crippen molar-refractivity contribution in [2.45, 2.75) is 39.2 Å². The summed E-state index contributed by atoms with van der Waals surface area (Å²) in [6.45, 7) is 3.43. The van der Waals surface area contributed by atoms with Gasteiger partial charge in [-0.15, -0.1) is 11.3 Å². The predicted octanol–water partition coefficient (Wildman–Crippen LogP) is 2.17. The second-order valence-electron chi connectivity index (χ2n) is 6.95. The van der Waals surface area contributed by atoms with Crippen molar-refractivity contribution in [1.82, 2.24) is 14.7 Å². The van der Waals surface area contributed by atoms with Gasteiger partial charge in [0.05, 0.1) is 11.3 Å². The molecule has 6 heteroatoms. The van der Waals surface area contributed by atoms with Gasteiger partial charge in [0, 0.05) is 48.4 Å². The number of carbonyl (C=O) groups excluding carboxylic acids is 1. The topological polar surface area (TPSA) is 55.2 Å². The Morgan fingerprint density at radius 3 is 3.04 bits per heavy atom. The molecule has 0 saturated heterocycles. The van der Waals surface area contributed by atoms with Crippen molar-refractivity contribution in [3.8, 4) is 0 Å². The molecule has 4 rings (SSSR count). The molecule has 0 saturated carbocycles. The Labute approximate surface area is 144 Å². The molecule has 126 valence electrons. The van der Waals surface area contributed by atoms with E-state index in [4.69, 9.17) is 0 Å². The molecular formula is C18H21N3O2S. The summed E-state index contributed by atoms with van der Waals surface area (Å²) in [4.78, 5) is 28.1. The van der Waals surface area contributed by atoms with Crippen LogP contribution >= 0.6 is 11.3 Å². The molecule has 0 spiro atoms. The van der Waals surface area contributed by atoms with Crippen LogP contribution in [0.1, 0.15) is 45.4 Å². The SMILES string of the molecule is C[C@@H]1CCc2c(C(=O)N3CCc4nn(C)c(=O)cc4C3)csc2C1. The van der Waals surface area contributed by atoms with Crippen LogP contribution < -0.4 is 5.56 Å². The molecule has 0 fully saturated rings. The molecule has 3 heterocycles. The molecule has 2 aliphatic rings. The first kappa shape index (κ1) is 15.6. The average Bonchev–Trinajstić information content (AvgIpc) is 2.97. The van der Waals surface area contributed by atoms with E-state index in [1.165, 1.54) is 15.1 Å². The molecular weight excluding hydrogens is 322 g/mol. The second kappa shape index (κ2) is 5.84. The maximum Gasteiger partial charge on any atom is 0.266 e. The third-order valence-corrected chi connectivity index (χ3v) is 6.21. The third-order valence-electron chi connectivity index (χ3n) is 5.16. The number of nitrogens with zero attached hydrogens (tertiary/aromatic N) is 3. The summed E-state index contributed by atoms with van der Waals surface area (Å²) in [6, 6.07) is 1.62. The Kier molecular flexibility index (Phi) is 3.79. The van der Waals surface area contributed by atoms with Gasteiger partial charge in [-0.1, -0.05) is 6.92 Å². The van der Waals surface area contributed by atoms with Gasteiger partial charge < -0.3 is 4.90 Å². The van der Waals surface area contributed by atoms with Crippen LogP contribution in [0.4, 0.5) is 0 Å². The van der Waals surface area contributed by atoms with E-state index in [1.54, 1.807) is 24.5 Å². The van der Waals surface area contributed by atoms with E-state index >= 15 is 0 Å². The zero-order valence-electron chi connectivity index (χ0n) is 14.0. The zero-order chi connectivity index (χ0) is 16.8. The predicted molar refractivity (Wildman–Crippen MR) is 93.4 cm³/mol. The lowest BCUT2D eigenvalue weighted by Crippen LogP contribution is -2.38. The van der Waals surface area contributed by atoms with Gasteiger partial charge in [0.2, 0.25) is 0 Å². The largest absolute Gasteiger partial charge is 0.334 e. The number of hydrogen-bond acceptors (Lipinski definition) is 4. The highest BCUT2D eigenvalue weighted by Gasteiger charge is 2.28. The van der Waals surface area contributed by atoms with Gasteiger partial charge in [-0.25, -0.2) is 4.68 Å². The summed E-state index contributed by atoms with van der Waals surface area (Å²) in [5.74, 6) is 0.816. The molecule has 5 nitrogen and oxygen atoms in total. The van der Waals surface area contributed by atoms with Crippen LogP contribution in [0, 0.1) is 5.92 Å². The van der Waals surface area contributed by atoms with Crippen LogP contribution in [0.3, 0.4) is 0 Å². The summed E-state index contributed by atoms with van der Waals surface area (Å²) in [5, 5.41) is 6.35. The van der Waals surface area contributed by atoms with Crippen molar-refractivity contribution in [2.75, 3.05) is 6.54 Å². The van der Waals surface area contributed by atoms with Crippen molar-refractivity contribution >= 4 is 17.2 Å². The van der Waals surface area contributed by atoms with Gasteiger partial charge in [0.25, 0.3) is 11.5 Å². The van der Waals surface area contributed by atoms with Crippen LogP contribution in [-0.4, -0.2) is 27.1 Å². The third kappa shape index (κ3) is 2.59. The molecule has 0 N–H and O–H groups in total. The van der Waals surface area contributed by atoms with Crippen molar-refractivity contribution in [2.24, 2.45) is 13.0 Å². The van der Waals surface area contributed by atoms with Gasteiger partial charge in [0.1, 0.15) is 0 Å². The summed E-state index contributed by atoms with van der Waals surface area (Å²) in [7, 11) is 1.67. The Balaban J connectivity index is 1.60. The minimum absolute atomic E-state index is 0.105. The van der Waals surface area contributed by atoms with E-state index in [0.29, 0.717) is 25.4 Å². The quantitative estimate of drug-likeness (QED) is 0.797. The van der Waals surface area contributed by atoms with Crippen LogP contribution in [0.5, 0.6) is 0 Å². The molecule has 0 radical (unpaired) electrons. The Hall–Kier alpha value is -1.95. The lowest BCUT2D eigenvalue weighted by molar-refractivity contribution is 0.0731. The van der Waals surface area contributed by atoms with E-state index in [2.05, 4.69) is 12.0 Å². The number of thiophene rings is 1. The standard InChI is InChI=1S/C18H21N3O2S/c1-11-3-4-13-14(10-24-16(13)7-11)18(23)21-6-5-15-12(9-21)8-17(22)20(2)19-15/h8,10-11H,3-7,9H2,1-2H3/t11-/m1/s1. The zero-order valence-corrected chi connectivity index (χ0v) is 14.9. The minimum Gasteiger partial charge on any atom is -0.334 e. The Morgan fingerprint density at radius 1 is 1.38 bits per heavy atom. The van der Waals surface area contributed by atoms with Gasteiger partial charge in [-0.3, -0.25) is 9.59 Å². The van der Waals surface area contributed by atoms with E-state index < -0.39 is 0 Å². The molecule has 1 aliphatic carbocycles. The molecule has 0 aromatic carbocycles. The van der Waals surface area contributed by atoms with Crippen LogP contribution in [0.2, 0.25) is 0 Å². The van der Waals surface area contributed by atoms with E-state index in [-0.39, 0.29) is 11.5 Å². The van der Waals surface area contributed by atoms with Crippen molar-refractivity contribution in [3.05, 3.63) is 49.1 Å². The van der Waals surface area contributed by atoms with Crippen molar-refractivity contribution in [1.29, 1.82) is 0 Å².